The molecule has 3 aromatic rings. The van der Waals surface area contributed by atoms with Crippen LogP contribution in [0.25, 0.3) is 10.1 Å². The average molecular weight is 493 g/mol. The zero-order valence-corrected chi connectivity index (χ0v) is 21.7. The number of ether oxygens (including phenoxy) is 2. The number of hydrogen-bond donors (Lipinski definition) is 0. The van der Waals surface area contributed by atoms with E-state index >= 15 is 0 Å². The second-order valence-electron chi connectivity index (χ2n) is 9.91. The second-order valence-corrected chi connectivity index (χ2v) is 10.8. The maximum absolute atomic E-state index is 13.2. The normalized spacial score (nSPS) is 19.3. The van der Waals surface area contributed by atoms with Gasteiger partial charge in [0.05, 0.1) is 20.6 Å². The summed E-state index contributed by atoms with van der Waals surface area (Å²) in [7, 11) is 3.31. The Morgan fingerprint density at radius 1 is 1.03 bits per heavy atom. The van der Waals surface area contributed by atoms with E-state index < -0.39 is 0 Å². The fourth-order valence-electron chi connectivity index (χ4n) is 5.69. The summed E-state index contributed by atoms with van der Waals surface area (Å²) >= 11 is 1.85. The molecule has 186 valence electrons. The summed E-state index contributed by atoms with van der Waals surface area (Å²) in [6, 6.07) is 12.8. The molecule has 2 aliphatic rings. The Labute approximate surface area is 212 Å². The molecule has 6 heteroatoms. The predicted octanol–water partition coefficient (Wildman–Crippen LogP) is 5.19. The van der Waals surface area contributed by atoms with Gasteiger partial charge in [-0.15, -0.1) is 11.3 Å². The number of carbonyl (C=O) groups excluding carboxylic acids is 1. The van der Waals surface area contributed by atoms with Crippen molar-refractivity contribution in [3.05, 3.63) is 58.5 Å². The lowest BCUT2D eigenvalue weighted by atomic mass is 10.0. The van der Waals surface area contributed by atoms with Crippen molar-refractivity contribution in [2.45, 2.75) is 38.5 Å². The first kappa shape index (κ1) is 24.1. The Morgan fingerprint density at radius 2 is 1.83 bits per heavy atom. The van der Waals surface area contributed by atoms with Gasteiger partial charge in [-0.3, -0.25) is 4.79 Å². The number of amides is 1. The van der Waals surface area contributed by atoms with E-state index in [0.29, 0.717) is 18.1 Å². The van der Waals surface area contributed by atoms with Gasteiger partial charge in [-0.05, 0) is 83.8 Å². The molecule has 5 rings (SSSR count). The molecule has 0 radical (unpaired) electrons. The van der Waals surface area contributed by atoms with Crippen LogP contribution < -0.4 is 9.47 Å². The van der Waals surface area contributed by atoms with Gasteiger partial charge < -0.3 is 19.3 Å². The number of nitrogens with zero attached hydrogens (tertiary/aromatic N) is 2. The van der Waals surface area contributed by atoms with Crippen molar-refractivity contribution in [3.63, 3.8) is 0 Å². The monoisotopic (exact) mass is 492 g/mol. The van der Waals surface area contributed by atoms with Crippen molar-refractivity contribution in [1.82, 2.24) is 9.80 Å². The number of thiophene rings is 1. The quantitative estimate of drug-likeness (QED) is 0.455. The highest BCUT2D eigenvalue weighted by atomic mass is 32.1. The molecule has 0 spiro atoms. The van der Waals surface area contributed by atoms with Gasteiger partial charge in [0.2, 0.25) is 5.91 Å². The summed E-state index contributed by atoms with van der Waals surface area (Å²) in [5.74, 6) is 2.21. The Hall–Kier alpha value is -2.57. The van der Waals surface area contributed by atoms with E-state index in [-0.39, 0.29) is 5.91 Å². The van der Waals surface area contributed by atoms with Crippen LogP contribution >= 0.6 is 11.3 Å². The number of methoxy groups -OCH3 is 2. The zero-order chi connectivity index (χ0) is 24.2. The van der Waals surface area contributed by atoms with Crippen LogP contribution in [0.4, 0.5) is 0 Å². The first-order valence-electron chi connectivity index (χ1n) is 12.8. The van der Waals surface area contributed by atoms with Gasteiger partial charge in [0.25, 0.3) is 0 Å². The second kappa shape index (κ2) is 11.0. The fraction of sp³-hybridized carbons (Fsp3) is 0.483. The maximum Gasteiger partial charge on any atom is 0.227 e. The number of carbonyl (C=O) groups is 1. The average Bonchev–Trinajstić information content (AvgIpc) is 3.06. The third-order valence-electron chi connectivity index (χ3n) is 7.64. The molecule has 35 heavy (non-hydrogen) atoms. The molecule has 5 nitrogen and oxygen atoms in total. The van der Waals surface area contributed by atoms with Gasteiger partial charge in [0.15, 0.2) is 11.5 Å². The molecule has 0 bridgehead atoms. The van der Waals surface area contributed by atoms with Gasteiger partial charge in [0, 0.05) is 30.9 Å². The van der Waals surface area contributed by atoms with Crippen LogP contribution in [0.1, 0.15) is 36.0 Å². The van der Waals surface area contributed by atoms with E-state index in [1.165, 1.54) is 40.5 Å². The smallest absolute Gasteiger partial charge is 0.227 e. The van der Waals surface area contributed by atoms with Crippen LogP contribution in [0.3, 0.4) is 0 Å². The number of rotatable bonds is 7. The lowest BCUT2D eigenvalue weighted by Crippen LogP contribution is -2.40. The molecule has 2 aliphatic heterocycles. The Morgan fingerprint density at radius 3 is 2.66 bits per heavy atom. The Kier molecular flexibility index (Phi) is 7.59. The first-order chi connectivity index (χ1) is 17.1. The largest absolute Gasteiger partial charge is 0.493 e. The summed E-state index contributed by atoms with van der Waals surface area (Å²) in [4.78, 5) is 18.0. The standard InChI is InChI=1S/C29H36N2O3S/c1-33-26-15-22-11-14-31(29(32)17-24(22)16-27(26)34-2)19-21-7-5-6-12-30(18-21)13-10-23-20-35-28-9-4-3-8-25(23)28/h3-4,8-9,15-16,20-21H,5-7,10-14,17-19H2,1-2H3. The van der Waals surface area contributed by atoms with E-state index in [2.05, 4.69) is 39.4 Å². The number of benzene rings is 2. The summed E-state index contributed by atoms with van der Waals surface area (Å²) in [6.07, 6.45) is 6.11. The molecule has 0 aliphatic carbocycles. The molecular formula is C29H36N2O3S. The van der Waals surface area contributed by atoms with E-state index in [1.807, 2.05) is 23.5 Å². The van der Waals surface area contributed by atoms with Crippen LogP contribution in [0.15, 0.2) is 41.8 Å². The van der Waals surface area contributed by atoms with Crippen molar-refractivity contribution < 1.29 is 14.3 Å². The zero-order valence-electron chi connectivity index (χ0n) is 20.9. The third-order valence-corrected chi connectivity index (χ3v) is 8.65. The van der Waals surface area contributed by atoms with Crippen LogP contribution in [-0.4, -0.2) is 62.7 Å². The van der Waals surface area contributed by atoms with Gasteiger partial charge >= 0.3 is 0 Å². The van der Waals surface area contributed by atoms with Gasteiger partial charge in [-0.1, -0.05) is 24.6 Å². The van der Waals surface area contributed by atoms with Crippen molar-refractivity contribution in [2.75, 3.05) is 46.9 Å². The SMILES string of the molecule is COc1cc2c(cc1OC)CC(=O)N(CC1CCCCN(CCc3csc4ccccc34)C1)CC2. The maximum atomic E-state index is 13.2. The van der Waals surface area contributed by atoms with Crippen LogP contribution in [0.5, 0.6) is 11.5 Å². The predicted molar refractivity (Wildman–Crippen MR) is 143 cm³/mol. The highest BCUT2D eigenvalue weighted by Crippen LogP contribution is 2.33. The fourth-order valence-corrected chi connectivity index (χ4v) is 6.69. The Bertz CT molecular complexity index is 1170. The lowest BCUT2D eigenvalue weighted by Gasteiger charge is -2.29. The lowest BCUT2D eigenvalue weighted by molar-refractivity contribution is -0.130. The summed E-state index contributed by atoms with van der Waals surface area (Å²) in [5, 5.41) is 3.74. The van der Waals surface area contributed by atoms with Crippen LogP contribution in [0, 0.1) is 5.92 Å². The third kappa shape index (κ3) is 5.49. The molecule has 1 amide bonds. The highest BCUT2D eigenvalue weighted by Gasteiger charge is 2.26. The topological polar surface area (TPSA) is 42.0 Å². The summed E-state index contributed by atoms with van der Waals surface area (Å²) in [5.41, 5.74) is 3.74. The molecule has 0 N–H and O–H groups in total. The van der Waals surface area contributed by atoms with Crippen LogP contribution in [-0.2, 0) is 24.1 Å². The molecule has 3 heterocycles. The molecule has 1 atom stereocenters. The minimum atomic E-state index is 0.233. The molecule has 0 saturated carbocycles. The Balaban J connectivity index is 1.21. The van der Waals surface area contributed by atoms with E-state index in [1.54, 1.807) is 14.2 Å². The van der Waals surface area contributed by atoms with Crippen molar-refractivity contribution in [3.8, 4) is 11.5 Å². The van der Waals surface area contributed by atoms with Gasteiger partial charge in [-0.25, -0.2) is 0 Å². The molecule has 1 fully saturated rings. The summed E-state index contributed by atoms with van der Waals surface area (Å²) < 4.78 is 12.3. The minimum Gasteiger partial charge on any atom is -0.493 e. The van der Waals surface area contributed by atoms with Crippen molar-refractivity contribution in [1.29, 1.82) is 0 Å². The number of likely N-dealkylation sites (tertiary alicyclic amines) is 1. The van der Waals surface area contributed by atoms with E-state index in [0.717, 1.165) is 56.9 Å². The molecule has 1 unspecified atom stereocenters. The number of fused-ring (bicyclic) bond motifs is 2. The van der Waals surface area contributed by atoms with Crippen LogP contribution in [0.2, 0.25) is 0 Å². The first-order valence-corrected chi connectivity index (χ1v) is 13.7. The number of hydrogen-bond acceptors (Lipinski definition) is 5. The molecule has 2 aromatic carbocycles. The molecule has 1 saturated heterocycles. The van der Waals surface area contributed by atoms with E-state index in [4.69, 9.17) is 9.47 Å². The van der Waals surface area contributed by atoms with Gasteiger partial charge in [0.1, 0.15) is 0 Å². The highest BCUT2D eigenvalue weighted by molar-refractivity contribution is 7.17. The minimum absolute atomic E-state index is 0.233. The molecular weight excluding hydrogens is 456 g/mol. The van der Waals surface area contributed by atoms with E-state index in [9.17, 15) is 4.79 Å². The van der Waals surface area contributed by atoms with Crippen molar-refractivity contribution >= 4 is 27.3 Å². The van der Waals surface area contributed by atoms with Gasteiger partial charge in [-0.2, -0.15) is 0 Å². The molecule has 1 aromatic heterocycles. The summed E-state index contributed by atoms with van der Waals surface area (Å²) in [6.45, 7) is 4.98. The van der Waals surface area contributed by atoms with Crippen molar-refractivity contribution in [2.24, 2.45) is 5.92 Å².